The summed E-state index contributed by atoms with van der Waals surface area (Å²) < 4.78 is 34.6. The predicted molar refractivity (Wildman–Crippen MR) is 112 cm³/mol. The van der Waals surface area contributed by atoms with Crippen LogP contribution in [0.2, 0.25) is 0 Å². The summed E-state index contributed by atoms with van der Waals surface area (Å²) in [5.74, 6) is 0.806. The summed E-state index contributed by atoms with van der Waals surface area (Å²) >= 11 is 1.53. The van der Waals surface area contributed by atoms with Crippen LogP contribution in [0.15, 0.2) is 49.9 Å². The third-order valence-electron chi connectivity index (χ3n) is 4.60. The van der Waals surface area contributed by atoms with E-state index in [1.807, 2.05) is 19.1 Å². The van der Waals surface area contributed by atoms with E-state index in [2.05, 4.69) is 31.9 Å². The minimum Gasteiger partial charge on any atom is -0.360 e. The van der Waals surface area contributed by atoms with Crippen LogP contribution in [-0.2, 0) is 16.4 Å². The highest BCUT2D eigenvalue weighted by molar-refractivity contribution is 7.99. The number of rotatable bonds is 6. The van der Waals surface area contributed by atoms with Crippen molar-refractivity contribution in [3.05, 3.63) is 53.3 Å². The second kappa shape index (κ2) is 7.73. The summed E-state index contributed by atoms with van der Waals surface area (Å²) in [7, 11) is -3.78. The molecule has 1 aromatic carbocycles. The lowest BCUT2D eigenvalue weighted by molar-refractivity contribution is 0.390. The van der Waals surface area contributed by atoms with E-state index in [4.69, 9.17) is 4.52 Å². The predicted octanol–water partition coefficient (Wildman–Crippen LogP) is 3.55. The van der Waals surface area contributed by atoms with Gasteiger partial charge in [0.25, 0.3) is 15.8 Å². The van der Waals surface area contributed by atoms with E-state index >= 15 is 0 Å². The largest absolute Gasteiger partial charge is 0.360 e. The van der Waals surface area contributed by atoms with Gasteiger partial charge in [0, 0.05) is 21.8 Å². The van der Waals surface area contributed by atoms with Crippen molar-refractivity contribution in [2.75, 3.05) is 4.72 Å². The first-order valence-electron chi connectivity index (χ1n) is 9.23. The van der Waals surface area contributed by atoms with E-state index in [0.29, 0.717) is 17.2 Å². The number of nitrogens with one attached hydrogen (secondary N) is 1. The summed E-state index contributed by atoms with van der Waals surface area (Å²) in [6.45, 7) is 7.20. The second-order valence-electron chi connectivity index (χ2n) is 6.69. The SMILES string of the molecule is CCc1c(C)nc2ncnn2c1Sc1ccc(NS(=O)(=O)c2c(C)noc2C)cc1. The Kier molecular flexibility index (Phi) is 5.24. The van der Waals surface area contributed by atoms with E-state index in [9.17, 15) is 8.42 Å². The third kappa shape index (κ3) is 3.65. The topological polar surface area (TPSA) is 115 Å². The Morgan fingerprint density at radius 2 is 1.87 bits per heavy atom. The lowest BCUT2D eigenvalue weighted by atomic mass is 10.2. The first-order valence-corrected chi connectivity index (χ1v) is 11.5. The van der Waals surface area contributed by atoms with Gasteiger partial charge in [-0.15, -0.1) is 0 Å². The molecule has 0 radical (unpaired) electrons. The number of sulfonamides is 1. The minimum absolute atomic E-state index is 0.0642. The van der Waals surface area contributed by atoms with Crippen molar-refractivity contribution in [2.45, 2.75) is 48.9 Å². The summed E-state index contributed by atoms with van der Waals surface area (Å²) in [6.07, 6.45) is 2.30. The quantitative estimate of drug-likeness (QED) is 0.449. The molecule has 0 atom stereocenters. The first-order chi connectivity index (χ1) is 14.3. The smallest absolute Gasteiger partial charge is 0.267 e. The summed E-state index contributed by atoms with van der Waals surface area (Å²) in [5.41, 5.74) is 2.79. The maximum Gasteiger partial charge on any atom is 0.267 e. The zero-order valence-corrected chi connectivity index (χ0v) is 18.5. The van der Waals surface area contributed by atoms with Gasteiger partial charge in [-0.3, -0.25) is 4.72 Å². The molecule has 0 saturated heterocycles. The Hall–Kier alpha value is -2.92. The molecule has 156 valence electrons. The van der Waals surface area contributed by atoms with Crippen LogP contribution in [0.1, 0.15) is 29.6 Å². The number of anilines is 1. The number of nitrogens with zero attached hydrogens (tertiary/aromatic N) is 5. The average Bonchev–Trinajstić information content (AvgIpc) is 3.29. The standard InChI is InChI=1S/C19H20N6O3S2/c1-5-16-11(2)22-19-20-10-21-25(19)18(16)29-15-8-6-14(7-9-15)24-30(26,27)17-12(3)23-28-13(17)4/h6-10,24H,5H2,1-4H3. The lowest BCUT2D eigenvalue weighted by Gasteiger charge is -2.12. The van der Waals surface area contributed by atoms with Gasteiger partial charge in [0.2, 0.25) is 0 Å². The molecule has 0 saturated carbocycles. The van der Waals surface area contributed by atoms with Crippen LogP contribution >= 0.6 is 11.8 Å². The fourth-order valence-corrected chi connectivity index (χ4v) is 5.75. The van der Waals surface area contributed by atoms with Crippen LogP contribution in [0.5, 0.6) is 0 Å². The van der Waals surface area contributed by atoms with Gasteiger partial charge in [-0.1, -0.05) is 23.8 Å². The van der Waals surface area contributed by atoms with Gasteiger partial charge in [0.05, 0.1) is 0 Å². The molecule has 9 nitrogen and oxygen atoms in total. The molecule has 30 heavy (non-hydrogen) atoms. The Labute approximate surface area is 178 Å². The van der Waals surface area contributed by atoms with Crippen LogP contribution in [0.25, 0.3) is 5.78 Å². The molecule has 0 aliphatic carbocycles. The van der Waals surface area contributed by atoms with Crippen molar-refractivity contribution in [2.24, 2.45) is 0 Å². The number of hydrogen-bond acceptors (Lipinski definition) is 8. The van der Waals surface area contributed by atoms with Crippen molar-refractivity contribution in [3.63, 3.8) is 0 Å². The van der Waals surface area contributed by atoms with E-state index in [0.717, 1.165) is 27.6 Å². The van der Waals surface area contributed by atoms with Crippen molar-refractivity contribution in [1.29, 1.82) is 0 Å². The molecule has 11 heteroatoms. The van der Waals surface area contributed by atoms with Crippen LogP contribution in [-0.4, -0.2) is 33.2 Å². The summed E-state index contributed by atoms with van der Waals surface area (Å²) in [6, 6.07) is 7.15. The van der Waals surface area contributed by atoms with E-state index in [-0.39, 0.29) is 10.7 Å². The fourth-order valence-electron chi connectivity index (χ4n) is 3.23. The molecule has 4 aromatic rings. The number of aromatic nitrogens is 5. The summed E-state index contributed by atoms with van der Waals surface area (Å²) in [4.78, 5) is 9.68. The van der Waals surface area contributed by atoms with Crippen molar-refractivity contribution < 1.29 is 12.9 Å². The van der Waals surface area contributed by atoms with Crippen LogP contribution in [0.3, 0.4) is 0 Å². The first kappa shape index (κ1) is 20.4. The zero-order chi connectivity index (χ0) is 21.5. The normalized spacial score (nSPS) is 11.9. The molecule has 0 fully saturated rings. The molecular formula is C19H20N6O3S2. The van der Waals surface area contributed by atoms with Crippen LogP contribution in [0.4, 0.5) is 5.69 Å². The van der Waals surface area contributed by atoms with Gasteiger partial charge >= 0.3 is 0 Å². The Bertz CT molecular complexity index is 1310. The molecule has 0 bridgehead atoms. The lowest BCUT2D eigenvalue weighted by Crippen LogP contribution is -2.14. The van der Waals surface area contributed by atoms with Crippen molar-refractivity contribution >= 4 is 33.3 Å². The molecule has 0 aliphatic rings. The maximum absolute atomic E-state index is 12.7. The molecule has 1 N–H and O–H groups in total. The van der Waals surface area contributed by atoms with Crippen molar-refractivity contribution in [3.8, 4) is 0 Å². The number of benzene rings is 1. The highest BCUT2D eigenvalue weighted by atomic mass is 32.2. The highest BCUT2D eigenvalue weighted by Crippen LogP contribution is 2.33. The number of hydrogen-bond donors (Lipinski definition) is 1. The van der Waals surface area contributed by atoms with Gasteiger partial charge in [-0.05, 0) is 51.5 Å². The van der Waals surface area contributed by atoms with Crippen LogP contribution < -0.4 is 4.72 Å². The summed E-state index contributed by atoms with van der Waals surface area (Å²) in [5, 5.41) is 8.95. The van der Waals surface area contributed by atoms with Gasteiger partial charge in [-0.2, -0.15) is 14.6 Å². The van der Waals surface area contributed by atoms with E-state index < -0.39 is 10.0 Å². The Balaban J connectivity index is 1.61. The average molecular weight is 445 g/mol. The van der Waals surface area contributed by atoms with E-state index in [1.54, 1.807) is 30.5 Å². The van der Waals surface area contributed by atoms with Gasteiger partial charge in [0.15, 0.2) is 10.7 Å². The Morgan fingerprint density at radius 1 is 1.13 bits per heavy atom. The molecule has 0 spiro atoms. The molecule has 0 unspecified atom stereocenters. The molecule has 0 amide bonds. The third-order valence-corrected chi connectivity index (χ3v) is 7.34. The molecular weight excluding hydrogens is 424 g/mol. The maximum atomic E-state index is 12.7. The van der Waals surface area contributed by atoms with Gasteiger partial charge < -0.3 is 4.52 Å². The molecule has 0 aliphatic heterocycles. The molecule has 3 heterocycles. The van der Waals surface area contributed by atoms with Crippen LogP contribution in [0, 0.1) is 20.8 Å². The second-order valence-corrected chi connectivity index (χ2v) is 9.37. The highest BCUT2D eigenvalue weighted by Gasteiger charge is 2.24. The molecule has 4 rings (SSSR count). The number of fused-ring (bicyclic) bond motifs is 1. The van der Waals surface area contributed by atoms with E-state index in [1.165, 1.54) is 18.1 Å². The fraction of sp³-hybridized carbons (Fsp3) is 0.263. The monoisotopic (exact) mass is 444 g/mol. The van der Waals surface area contributed by atoms with Crippen molar-refractivity contribution in [1.82, 2.24) is 24.7 Å². The Morgan fingerprint density at radius 3 is 2.50 bits per heavy atom. The minimum atomic E-state index is -3.78. The molecule has 3 aromatic heterocycles. The number of aryl methyl sites for hydroxylation is 3. The zero-order valence-electron chi connectivity index (χ0n) is 16.9. The van der Waals surface area contributed by atoms with Gasteiger partial charge in [-0.25, -0.2) is 13.4 Å². The van der Waals surface area contributed by atoms with Gasteiger partial charge in [0.1, 0.15) is 17.0 Å².